The molecule has 0 saturated heterocycles. The van der Waals surface area contributed by atoms with E-state index in [1.54, 1.807) is 12.1 Å². The van der Waals surface area contributed by atoms with Gasteiger partial charge < -0.3 is 24.8 Å². The van der Waals surface area contributed by atoms with E-state index in [-0.39, 0.29) is 54.5 Å². The van der Waals surface area contributed by atoms with Crippen LogP contribution in [0.5, 0.6) is 23.0 Å². The molecule has 9 aromatic rings. The molecular formula is C42H22B4O5. The van der Waals surface area contributed by atoms with Crippen LogP contribution in [0.1, 0.15) is 0 Å². The summed E-state index contributed by atoms with van der Waals surface area (Å²) in [4.78, 5) is 0. The van der Waals surface area contributed by atoms with Crippen molar-refractivity contribution in [1.82, 2.24) is 0 Å². The van der Waals surface area contributed by atoms with Crippen molar-refractivity contribution in [3.63, 3.8) is 0 Å². The van der Waals surface area contributed by atoms with Gasteiger partial charge in [-0.25, -0.2) is 0 Å². The highest BCUT2D eigenvalue weighted by atomic mass is 16.3. The number of aromatic hydroxyl groups is 4. The maximum atomic E-state index is 12.0. The molecule has 8 radical (unpaired) electrons. The summed E-state index contributed by atoms with van der Waals surface area (Å²) in [6, 6.07) is 34.4. The fourth-order valence-corrected chi connectivity index (χ4v) is 7.57. The largest absolute Gasteiger partial charge is 0.508 e. The van der Waals surface area contributed by atoms with Crippen LogP contribution < -0.4 is 21.9 Å². The molecule has 0 bridgehead atoms. The molecule has 4 N–H and O–H groups in total. The van der Waals surface area contributed by atoms with Crippen LogP contribution in [-0.4, -0.2) is 51.8 Å². The summed E-state index contributed by atoms with van der Waals surface area (Å²) in [5.74, 6) is -1.68. The molecule has 8 aromatic carbocycles. The molecule has 232 valence electrons. The molecule has 0 aliphatic rings. The highest BCUT2D eigenvalue weighted by Gasteiger charge is 2.30. The van der Waals surface area contributed by atoms with Crippen molar-refractivity contribution < 1.29 is 24.8 Å². The third-order valence-electron chi connectivity index (χ3n) is 9.99. The number of para-hydroxylation sites is 1. The number of furan rings is 1. The normalized spacial score (nSPS) is 11.8. The minimum atomic E-state index is -0.421. The van der Waals surface area contributed by atoms with Gasteiger partial charge in [0.2, 0.25) is 0 Å². The first-order chi connectivity index (χ1) is 24.7. The van der Waals surface area contributed by atoms with Gasteiger partial charge in [0.25, 0.3) is 0 Å². The van der Waals surface area contributed by atoms with Gasteiger partial charge in [-0.05, 0) is 51.2 Å². The van der Waals surface area contributed by atoms with E-state index in [1.165, 1.54) is 0 Å². The van der Waals surface area contributed by atoms with E-state index >= 15 is 0 Å². The topological polar surface area (TPSA) is 94.1 Å². The Balaban J connectivity index is 1.53. The van der Waals surface area contributed by atoms with E-state index in [9.17, 15) is 20.4 Å². The quantitative estimate of drug-likeness (QED) is 0.106. The van der Waals surface area contributed by atoms with Gasteiger partial charge in [0.05, 0.1) is 0 Å². The smallest absolute Gasteiger partial charge is 0.135 e. The van der Waals surface area contributed by atoms with Gasteiger partial charge in [-0.3, -0.25) is 0 Å². The second-order valence-electron chi connectivity index (χ2n) is 12.7. The molecule has 0 spiro atoms. The molecule has 5 nitrogen and oxygen atoms in total. The number of phenolic OH excluding ortho intramolecular Hbond substituents is 4. The maximum Gasteiger partial charge on any atom is 0.135 e. The van der Waals surface area contributed by atoms with Crippen LogP contribution in [0.2, 0.25) is 0 Å². The molecule has 51 heavy (non-hydrogen) atoms. The van der Waals surface area contributed by atoms with Gasteiger partial charge >= 0.3 is 0 Å². The van der Waals surface area contributed by atoms with E-state index in [0.29, 0.717) is 22.3 Å². The Morgan fingerprint density at radius 1 is 0.373 bits per heavy atom. The Bertz CT molecular complexity index is 2870. The molecule has 1 aromatic heterocycles. The first-order valence-corrected chi connectivity index (χ1v) is 16.2. The molecule has 0 saturated carbocycles. The molecule has 0 unspecified atom stereocenters. The SMILES string of the molecule is [B]c1c([B])c(O)c2c(-c3ccc(-c4ccccc4)c4ccccc34)c3c(O)c([B])c([B])c(O)c3c(-c3ccc4oc5ccccc5c4c3)c2c1O. The van der Waals surface area contributed by atoms with Gasteiger partial charge in [0.1, 0.15) is 65.5 Å². The predicted octanol–water partition coefficient (Wildman–Crippen LogP) is 6.04. The van der Waals surface area contributed by atoms with Gasteiger partial charge in [-0.1, -0.05) is 113 Å². The minimum Gasteiger partial charge on any atom is -0.508 e. The van der Waals surface area contributed by atoms with Gasteiger partial charge in [0.15, 0.2) is 0 Å². The number of benzene rings is 8. The van der Waals surface area contributed by atoms with E-state index in [2.05, 4.69) is 0 Å². The summed E-state index contributed by atoms with van der Waals surface area (Å²) in [5.41, 5.74) is 3.77. The monoisotopic (exact) mass is 650 g/mol. The molecule has 9 heteroatoms. The zero-order valence-corrected chi connectivity index (χ0v) is 26.9. The minimum absolute atomic E-state index is 0.0870. The Labute approximate surface area is 297 Å². The predicted molar refractivity (Wildman–Crippen MR) is 211 cm³/mol. The average molecular weight is 650 g/mol. The van der Waals surface area contributed by atoms with Crippen molar-refractivity contribution in [2.24, 2.45) is 0 Å². The van der Waals surface area contributed by atoms with E-state index in [0.717, 1.165) is 32.7 Å². The van der Waals surface area contributed by atoms with Crippen LogP contribution in [0.4, 0.5) is 0 Å². The number of rotatable bonds is 3. The Hall–Kier alpha value is -6.20. The molecule has 9 rings (SSSR count). The number of fused-ring (bicyclic) bond motifs is 6. The third kappa shape index (κ3) is 4.27. The molecule has 0 aliphatic heterocycles. The summed E-state index contributed by atoms with van der Waals surface area (Å²) in [6.07, 6.45) is 0. The summed E-state index contributed by atoms with van der Waals surface area (Å²) in [7, 11) is 25.5. The lowest BCUT2D eigenvalue weighted by molar-refractivity contribution is 0.474. The van der Waals surface area contributed by atoms with E-state index in [1.807, 2.05) is 97.1 Å². The lowest BCUT2D eigenvalue weighted by Crippen LogP contribution is -2.28. The summed E-state index contributed by atoms with van der Waals surface area (Å²) in [5, 5.41) is 51.4. The zero-order chi connectivity index (χ0) is 35.3. The maximum absolute atomic E-state index is 12.0. The van der Waals surface area contributed by atoms with Crippen LogP contribution >= 0.6 is 0 Å². The fourth-order valence-electron chi connectivity index (χ4n) is 7.57. The third-order valence-corrected chi connectivity index (χ3v) is 9.99. The Morgan fingerprint density at radius 2 is 0.824 bits per heavy atom. The van der Waals surface area contributed by atoms with E-state index in [4.69, 9.17) is 35.8 Å². The summed E-state index contributed by atoms with van der Waals surface area (Å²) >= 11 is 0. The van der Waals surface area contributed by atoms with Gasteiger partial charge in [-0.15, -0.1) is 0 Å². The lowest BCUT2D eigenvalue weighted by Gasteiger charge is -2.25. The molecule has 0 atom stereocenters. The summed E-state index contributed by atoms with van der Waals surface area (Å²) < 4.78 is 6.08. The van der Waals surface area contributed by atoms with Crippen molar-refractivity contribution in [3.8, 4) is 56.4 Å². The first kappa shape index (κ1) is 30.8. The molecular weight excluding hydrogens is 628 g/mol. The molecule has 0 amide bonds. The standard InChI is InChI=1S/C42H22B4O5/c43-35-37(45)41(49)33-30(25-16-15-21(19-8-2-1-3-9-19)22-10-4-5-11-23(22)25)34-32(40(48)36(44)38(46)42(34)50)29(31(33)39(35)47)20-14-17-28-26(18-20)24-12-6-7-13-27(24)51-28/h1-18,47-50H. The Morgan fingerprint density at radius 3 is 1.41 bits per heavy atom. The number of hydrogen-bond donors (Lipinski definition) is 4. The zero-order valence-electron chi connectivity index (χ0n) is 26.9. The van der Waals surface area contributed by atoms with Crippen LogP contribution in [0.3, 0.4) is 0 Å². The van der Waals surface area contributed by atoms with Gasteiger partial charge in [-0.2, -0.15) is 0 Å². The van der Waals surface area contributed by atoms with Crippen molar-refractivity contribution >= 4 is 107 Å². The van der Waals surface area contributed by atoms with Crippen molar-refractivity contribution in [3.05, 3.63) is 109 Å². The van der Waals surface area contributed by atoms with E-state index < -0.39 is 23.0 Å². The van der Waals surface area contributed by atoms with Crippen molar-refractivity contribution in [2.45, 2.75) is 0 Å². The number of phenols is 4. The second-order valence-corrected chi connectivity index (χ2v) is 12.7. The highest BCUT2D eigenvalue weighted by molar-refractivity contribution is 6.56. The van der Waals surface area contributed by atoms with Crippen LogP contribution in [0.25, 0.3) is 87.6 Å². The number of hydrogen-bond acceptors (Lipinski definition) is 5. The van der Waals surface area contributed by atoms with Crippen LogP contribution in [0, 0.1) is 0 Å². The molecule has 0 fully saturated rings. The first-order valence-electron chi connectivity index (χ1n) is 16.2. The van der Waals surface area contributed by atoms with Crippen LogP contribution in [-0.2, 0) is 0 Å². The summed E-state index contributed by atoms with van der Waals surface area (Å²) in [6.45, 7) is 0. The highest BCUT2D eigenvalue weighted by Crippen LogP contribution is 2.54. The lowest BCUT2D eigenvalue weighted by atomic mass is 9.71. The second kappa shape index (κ2) is 11.2. The molecule has 0 aliphatic carbocycles. The Kier molecular flexibility index (Phi) is 6.74. The average Bonchev–Trinajstić information content (AvgIpc) is 3.54. The van der Waals surface area contributed by atoms with Crippen LogP contribution in [0.15, 0.2) is 114 Å². The van der Waals surface area contributed by atoms with Crippen molar-refractivity contribution in [2.75, 3.05) is 0 Å². The van der Waals surface area contributed by atoms with Crippen molar-refractivity contribution in [1.29, 1.82) is 0 Å². The molecule has 1 heterocycles. The van der Waals surface area contributed by atoms with Gasteiger partial charge in [0, 0.05) is 43.4 Å². The fraction of sp³-hybridized carbons (Fsp3) is 0.